The number of benzene rings is 1. The zero-order valence-electron chi connectivity index (χ0n) is 9.28. The van der Waals surface area contributed by atoms with Crippen molar-refractivity contribution in [2.75, 3.05) is 18.0 Å². The smallest absolute Gasteiger partial charge is 0.0807 e. The SMILES string of the molecule is NC(=S)C1(CN2CCc3ccccc32)CC1. The molecular weight excluding hydrogens is 216 g/mol. The maximum Gasteiger partial charge on any atom is 0.0807 e. The van der Waals surface area contributed by atoms with Crippen molar-refractivity contribution < 1.29 is 0 Å². The van der Waals surface area contributed by atoms with Crippen LogP contribution in [0.4, 0.5) is 5.69 Å². The summed E-state index contributed by atoms with van der Waals surface area (Å²) >= 11 is 5.18. The van der Waals surface area contributed by atoms with Crippen molar-refractivity contribution in [2.24, 2.45) is 11.1 Å². The number of thiocarbonyl (C=S) groups is 1. The van der Waals surface area contributed by atoms with Crippen molar-refractivity contribution in [1.82, 2.24) is 0 Å². The van der Waals surface area contributed by atoms with Crippen molar-refractivity contribution in [3.8, 4) is 0 Å². The third-order valence-electron chi connectivity index (χ3n) is 3.85. The molecule has 1 aromatic carbocycles. The molecule has 0 aromatic heterocycles. The second-order valence-corrected chi connectivity index (χ2v) is 5.38. The van der Waals surface area contributed by atoms with Crippen LogP contribution in [0.2, 0.25) is 0 Å². The van der Waals surface area contributed by atoms with Gasteiger partial charge >= 0.3 is 0 Å². The minimum Gasteiger partial charge on any atom is -0.393 e. The van der Waals surface area contributed by atoms with E-state index >= 15 is 0 Å². The Morgan fingerprint density at radius 3 is 2.81 bits per heavy atom. The normalized spacial score (nSPS) is 20.6. The summed E-state index contributed by atoms with van der Waals surface area (Å²) in [6.45, 7) is 2.13. The molecule has 0 bridgehead atoms. The zero-order valence-corrected chi connectivity index (χ0v) is 10.1. The molecule has 0 amide bonds. The average molecular weight is 232 g/mol. The van der Waals surface area contributed by atoms with E-state index < -0.39 is 0 Å². The molecule has 1 aliphatic carbocycles. The Bertz CT molecular complexity index is 437. The summed E-state index contributed by atoms with van der Waals surface area (Å²) in [6, 6.07) is 8.65. The van der Waals surface area contributed by atoms with E-state index in [2.05, 4.69) is 29.2 Å². The monoisotopic (exact) mass is 232 g/mol. The number of anilines is 1. The van der Waals surface area contributed by atoms with Gasteiger partial charge in [0.15, 0.2) is 0 Å². The molecule has 3 rings (SSSR count). The van der Waals surface area contributed by atoms with Gasteiger partial charge in [-0.3, -0.25) is 0 Å². The lowest BCUT2D eigenvalue weighted by atomic mass is 10.1. The molecule has 3 heteroatoms. The van der Waals surface area contributed by atoms with Crippen LogP contribution < -0.4 is 10.6 Å². The summed E-state index contributed by atoms with van der Waals surface area (Å²) in [5.74, 6) is 0. The molecule has 2 aliphatic rings. The average Bonchev–Trinajstić information content (AvgIpc) is 2.96. The highest BCUT2D eigenvalue weighted by molar-refractivity contribution is 7.80. The van der Waals surface area contributed by atoms with E-state index in [1.165, 1.54) is 24.1 Å². The van der Waals surface area contributed by atoms with Gasteiger partial charge in [0.1, 0.15) is 0 Å². The minimum atomic E-state index is 0.146. The predicted octanol–water partition coefficient (Wildman–Crippen LogP) is 2.12. The van der Waals surface area contributed by atoms with Crippen molar-refractivity contribution in [3.63, 3.8) is 0 Å². The molecule has 1 aliphatic heterocycles. The van der Waals surface area contributed by atoms with Gasteiger partial charge in [0.2, 0.25) is 0 Å². The molecule has 0 atom stereocenters. The van der Waals surface area contributed by atoms with E-state index in [0.29, 0.717) is 4.99 Å². The van der Waals surface area contributed by atoms with Gasteiger partial charge in [-0.1, -0.05) is 30.4 Å². The second-order valence-electron chi connectivity index (χ2n) is 4.94. The summed E-state index contributed by atoms with van der Waals surface area (Å²) in [5, 5.41) is 0. The van der Waals surface area contributed by atoms with E-state index in [-0.39, 0.29) is 5.41 Å². The fourth-order valence-corrected chi connectivity index (χ4v) is 2.84. The highest BCUT2D eigenvalue weighted by atomic mass is 32.1. The van der Waals surface area contributed by atoms with Crippen molar-refractivity contribution in [2.45, 2.75) is 19.3 Å². The molecule has 1 fully saturated rings. The summed E-state index contributed by atoms with van der Waals surface area (Å²) < 4.78 is 0. The van der Waals surface area contributed by atoms with Gasteiger partial charge < -0.3 is 10.6 Å². The number of rotatable bonds is 3. The Labute approximate surface area is 101 Å². The first-order valence-electron chi connectivity index (χ1n) is 5.84. The van der Waals surface area contributed by atoms with Crippen LogP contribution in [0.15, 0.2) is 24.3 Å². The van der Waals surface area contributed by atoms with Crippen LogP contribution in [0.25, 0.3) is 0 Å². The van der Waals surface area contributed by atoms with Crippen LogP contribution in [0.3, 0.4) is 0 Å². The molecule has 0 unspecified atom stereocenters. The van der Waals surface area contributed by atoms with Crippen LogP contribution in [0.5, 0.6) is 0 Å². The highest BCUT2D eigenvalue weighted by Crippen LogP contribution is 2.48. The number of fused-ring (bicyclic) bond motifs is 1. The minimum absolute atomic E-state index is 0.146. The van der Waals surface area contributed by atoms with Crippen molar-refractivity contribution in [1.29, 1.82) is 0 Å². The zero-order chi connectivity index (χ0) is 11.2. The summed E-state index contributed by atoms with van der Waals surface area (Å²) in [5.41, 5.74) is 8.82. The van der Waals surface area contributed by atoms with E-state index in [1.54, 1.807) is 0 Å². The lowest BCUT2D eigenvalue weighted by Gasteiger charge is -2.25. The third kappa shape index (κ3) is 1.50. The maximum atomic E-state index is 5.84. The first kappa shape index (κ1) is 10.1. The Kier molecular flexibility index (Phi) is 2.18. The van der Waals surface area contributed by atoms with Crippen LogP contribution in [-0.2, 0) is 6.42 Å². The quantitative estimate of drug-likeness (QED) is 0.809. The molecule has 1 heterocycles. The lowest BCUT2D eigenvalue weighted by Crippen LogP contribution is -2.36. The number of nitrogens with two attached hydrogens (primary N) is 1. The summed E-state index contributed by atoms with van der Waals surface area (Å²) in [7, 11) is 0. The molecule has 84 valence electrons. The van der Waals surface area contributed by atoms with Gasteiger partial charge in [-0.05, 0) is 30.9 Å². The molecule has 1 aromatic rings. The predicted molar refractivity (Wildman–Crippen MR) is 70.8 cm³/mol. The maximum absolute atomic E-state index is 5.84. The Morgan fingerprint density at radius 2 is 2.12 bits per heavy atom. The van der Waals surface area contributed by atoms with Crippen molar-refractivity contribution >= 4 is 22.9 Å². The fraction of sp³-hybridized carbons (Fsp3) is 0.462. The van der Waals surface area contributed by atoms with E-state index in [4.69, 9.17) is 18.0 Å². The molecule has 1 saturated carbocycles. The van der Waals surface area contributed by atoms with Gasteiger partial charge in [-0.15, -0.1) is 0 Å². The van der Waals surface area contributed by atoms with Gasteiger partial charge in [-0.25, -0.2) is 0 Å². The number of para-hydroxylation sites is 1. The molecule has 0 saturated heterocycles. The number of hydrogen-bond donors (Lipinski definition) is 1. The topological polar surface area (TPSA) is 29.3 Å². The Balaban J connectivity index is 1.81. The van der Waals surface area contributed by atoms with E-state index in [0.717, 1.165) is 19.5 Å². The van der Waals surface area contributed by atoms with Crippen molar-refractivity contribution in [3.05, 3.63) is 29.8 Å². The molecule has 0 radical (unpaired) electrons. The van der Waals surface area contributed by atoms with Crippen LogP contribution in [0, 0.1) is 5.41 Å². The summed E-state index contributed by atoms with van der Waals surface area (Å²) in [6.07, 6.45) is 3.49. The molecule has 0 spiro atoms. The first-order chi connectivity index (χ1) is 7.71. The first-order valence-corrected chi connectivity index (χ1v) is 6.25. The lowest BCUT2D eigenvalue weighted by molar-refractivity contribution is 0.660. The van der Waals surface area contributed by atoms with Crippen LogP contribution in [0.1, 0.15) is 18.4 Å². The van der Waals surface area contributed by atoms with Crippen LogP contribution >= 0.6 is 12.2 Å². The largest absolute Gasteiger partial charge is 0.393 e. The number of hydrogen-bond acceptors (Lipinski definition) is 2. The Hall–Kier alpha value is -1.09. The number of nitrogens with zero attached hydrogens (tertiary/aromatic N) is 1. The molecule has 2 nitrogen and oxygen atoms in total. The second kappa shape index (κ2) is 3.45. The molecule has 2 N–H and O–H groups in total. The molecular formula is C13H16N2S. The van der Waals surface area contributed by atoms with Gasteiger partial charge in [0.05, 0.1) is 4.99 Å². The van der Waals surface area contributed by atoms with E-state index in [9.17, 15) is 0 Å². The molecule has 16 heavy (non-hydrogen) atoms. The van der Waals surface area contributed by atoms with Gasteiger partial charge in [0.25, 0.3) is 0 Å². The summed E-state index contributed by atoms with van der Waals surface area (Å²) in [4.78, 5) is 3.15. The standard InChI is InChI=1S/C13H16N2S/c14-12(16)13(6-7-13)9-15-8-5-10-3-1-2-4-11(10)15/h1-4H,5-9H2,(H2,14,16). The van der Waals surface area contributed by atoms with Gasteiger partial charge in [-0.2, -0.15) is 0 Å². The Morgan fingerprint density at radius 1 is 1.38 bits per heavy atom. The third-order valence-corrected chi connectivity index (χ3v) is 4.29. The van der Waals surface area contributed by atoms with Gasteiger partial charge in [0, 0.05) is 24.2 Å². The highest BCUT2D eigenvalue weighted by Gasteiger charge is 2.47. The van der Waals surface area contributed by atoms with Crippen LogP contribution in [-0.4, -0.2) is 18.1 Å². The fourth-order valence-electron chi connectivity index (χ4n) is 2.57. The van der Waals surface area contributed by atoms with E-state index in [1.807, 2.05) is 0 Å².